The van der Waals surface area contributed by atoms with E-state index in [9.17, 15) is 4.79 Å². The van der Waals surface area contributed by atoms with Crippen LogP contribution in [0.1, 0.15) is 12.8 Å². The van der Waals surface area contributed by atoms with Crippen LogP contribution < -0.4 is 11.1 Å². The predicted octanol–water partition coefficient (Wildman–Crippen LogP) is -0.580. The van der Waals surface area contributed by atoms with Gasteiger partial charge in [-0.15, -0.1) is 0 Å². The Bertz CT molecular complexity index is 163. The number of hydrogen-bond acceptors (Lipinski definition) is 4. The fraction of sp³-hybridized carbons (Fsp3) is 0.900. The lowest BCUT2D eigenvalue weighted by Gasteiger charge is -2.10. The summed E-state index contributed by atoms with van der Waals surface area (Å²) in [6.07, 6.45) is 1.25. The largest absolute Gasteiger partial charge is 0.378 e. The van der Waals surface area contributed by atoms with Crippen molar-refractivity contribution in [2.24, 2.45) is 5.73 Å². The van der Waals surface area contributed by atoms with E-state index < -0.39 is 0 Å². The molecule has 0 aliphatic heterocycles. The van der Waals surface area contributed by atoms with Crippen LogP contribution in [0.15, 0.2) is 0 Å². The maximum absolute atomic E-state index is 11.1. The Morgan fingerprint density at radius 3 is 2.73 bits per heavy atom. The smallest absolute Gasteiger partial charge is 0.220 e. The van der Waals surface area contributed by atoms with Gasteiger partial charge in [-0.3, -0.25) is 4.79 Å². The summed E-state index contributed by atoms with van der Waals surface area (Å²) < 4.78 is 5.32. The minimum atomic E-state index is 0.0525. The highest BCUT2D eigenvalue weighted by Gasteiger charge is 1.98. The number of amides is 1. The summed E-state index contributed by atoms with van der Waals surface area (Å²) in [4.78, 5) is 13.2. The summed E-state index contributed by atoms with van der Waals surface area (Å²) in [7, 11) is 4.00. The average molecular weight is 217 g/mol. The van der Waals surface area contributed by atoms with E-state index in [1.807, 2.05) is 14.1 Å². The molecule has 0 atom stereocenters. The number of nitrogens with zero attached hydrogens (tertiary/aromatic N) is 1. The minimum absolute atomic E-state index is 0.0525. The summed E-state index contributed by atoms with van der Waals surface area (Å²) in [6, 6.07) is 0. The van der Waals surface area contributed by atoms with Crippen LogP contribution in [0.5, 0.6) is 0 Å². The van der Waals surface area contributed by atoms with Gasteiger partial charge in [0.25, 0.3) is 0 Å². The molecule has 0 aliphatic carbocycles. The first-order valence-electron chi connectivity index (χ1n) is 5.36. The molecule has 0 aliphatic rings. The maximum atomic E-state index is 11.1. The standard InChI is InChI=1S/C10H23N3O2/c1-13(2)7-9-15-8-6-12-10(14)4-3-5-11/h3-9,11H2,1-2H3,(H,12,14). The fourth-order valence-corrected chi connectivity index (χ4v) is 0.963. The van der Waals surface area contributed by atoms with E-state index >= 15 is 0 Å². The van der Waals surface area contributed by atoms with Gasteiger partial charge in [0.2, 0.25) is 5.91 Å². The molecule has 0 unspecified atom stereocenters. The van der Waals surface area contributed by atoms with Crippen molar-refractivity contribution in [2.45, 2.75) is 12.8 Å². The Hall–Kier alpha value is -0.650. The van der Waals surface area contributed by atoms with Crippen LogP contribution in [-0.2, 0) is 9.53 Å². The first-order chi connectivity index (χ1) is 7.16. The summed E-state index contributed by atoms with van der Waals surface area (Å²) in [6.45, 7) is 3.32. The fourth-order valence-electron chi connectivity index (χ4n) is 0.963. The first kappa shape index (κ1) is 14.3. The molecule has 5 nitrogen and oxygen atoms in total. The maximum Gasteiger partial charge on any atom is 0.220 e. The van der Waals surface area contributed by atoms with Crippen LogP contribution in [0.25, 0.3) is 0 Å². The Balaban J connectivity index is 3.13. The second-order valence-electron chi connectivity index (χ2n) is 3.66. The van der Waals surface area contributed by atoms with E-state index in [0.717, 1.165) is 13.0 Å². The number of nitrogens with one attached hydrogen (secondary N) is 1. The van der Waals surface area contributed by atoms with Gasteiger partial charge in [-0.2, -0.15) is 0 Å². The Labute approximate surface area is 91.9 Å². The van der Waals surface area contributed by atoms with Crippen molar-refractivity contribution in [1.29, 1.82) is 0 Å². The number of nitrogens with two attached hydrogens (primary N) is 1. The van der Waals surface area contributed by atoms with E-state index in [1.54, 1.807) is 0 Å². The highest BCUT2D eigenvalue weighted by molar-refractivity contribution is 5.75. The number of carbonyl (C=O) groups is 1. The summed E-state index contributed by atoms with van der Waals surface area (Å²) in [5.74, 6) is 0.0525. The molecule has 0 fully saturated rings. The molecule has 5 heteroatoms. The van der Waals surface area contributed by atoms with E-state index in [4.69, 9.17) is 10.5 Å². The highest BCUT2D eigenvalue weighted by atomic mass is 16.5. The number of hydrogen-bond donors (Lipinski definition) is 2. The minimum Gasteiger partial charge on any atom is -0.378 e. The highest BCUT2D eigenvalue weighted by Crippen LogP contribution is 1.85. The zero-order valence-corrected chi connectivity index (χ0v) is 9.79. The molecule has 0 aromatic rings. The van der Waals surface area contributed by atoms with Gasteiger partial charge in [-0.25, -0.2) is 0 Å². The topological polar surface area (TPSA) is 67.6 Å². The summed E-state index contributed by atoms with van der Waals surface area (Å²) in [5.41, 5.74) is 5.29. The molecule has 1 amide bonds. The second-order valence-corrected chi connectivity index (χ2v) is 3.66. The van der Waals surface area contributed by atoms with Gasteiger partial charge >= 0.3 is 0 Å². The van der Waals surface area contributed by atoms with E-state index in [-0.39, 0.29) is 5.91 Å². The van der Waals surface area contributed by atoms with Crippen LogP contribution in [0.4, 0.5) is 0 Å². The van der Waals surface area contributed by atoms with Gasteiger partial charge in [-0.1, -0.05) is 0 Å². The van der Waals surface area contributed by atoms with Crippen molar-refractivity contribution in [3.8, 4) is 0 Å². The van der Waals surface area contributed by atoms with Crippen LogP contribution >= 0.6 is 0 Å². The van der Waals surface area contributed by atoms with Crippen molar-refractivity contribution < 1.29 is 9.53 Å². The molecule has 0 saturated heterocycles. The Morgan fingerprint density at radius 1 is 1.40 bits per heavy atom. The molecule has 0 aromatic heterocycles. The molecule has 0 spiro atoms. The number of rotatable bonds is 9. The van der Waals surface area contributed by atoms with Crippen LogP contribution in [0.3, 0.4) is 0 Å². The van der Waals surface area contributed by atoms with Crippen LogP contribution in [-0.4, -0.2) is 57.8 Å². The molecule has 15 heavy (non-hydrogen) atoms. The van der Waals surface area contributed by atoms with E-state index in [2.05, 4.69) is 10.2 Å². The molecule has 0 heterocycles. The molecule has 0 aromatic carbocycles. The third-order valence-corrected chi connectivity index (χ3v) is 1.86. The molecule has 0 rings (SSSR count). The molecular formula is C10H23N3O2. The van der Waals surface area contributed by atoms with Crippen molar-refractivity contribution in [3.05, 3.63) is 0 Å². The SMILES string of the molecule is CN(C)CCOCCNC(=O)CCCN. The van der Waals surface area contributed by atoms with Crippen LogP contribution in [0, 0.1) is 0 Å². The lowest BCUT2D eigenvalue weighted by Crippen LogP contribution is -2.28. The van der Waals surface area contributed by atoms with Crippen molar-refractivity contribution in [3.63, 3.8) is 0 Å². The second kappa shape index (κ2) is 9.89. The summed E-state index contributed by atoms with van der Waals surface area (Å²) in [5, 5.41) is 2.77. The van der Waals surface area contributed by atoms with Gasteiger partial charge < -0.3 is 20.7 Å². The predicted molar refractivity (Wildman–Crippen MR) is 60.7 cm³/mol. The van der Waals surface area contributed by atoms with E-state index in [0.29, 0.717) is 32.7 Å². The van der Waals surface area contributed by atoms with Crippen molar-refractivity contribution in [1.82, 2.24) is 10.2 Å². The average Bonchev–Trinajstić information content (AvgIpc) is 2.19. The normalized spacial score (nSPS) is 10.7. The molecule has 90 valence electrons. The van der Waals surface area contributed by atoms with Crippen molar-refractivity contribution in [2.75, 3.05) is 46.9 Å². The van der Waals surface area contributed by atoms with E-state index in [1.165, 1.54) is 0 Å². The van der Waals surface area contributed by atoms with Crippen LogP contribution in [0.2, 0.25) is 0 Å². The van der Waals surface area contributed by atoms with Gasteiger partial charge in [0, 0.05) is 19.5 Å². The molecule has 0 saturated carbocycles. The lowest BCUT2D eigenvalue weighted by molar-refractivity contribution is -0.121. The van der Waals surface area contributed by atoms with Gasteiger partial charge in [0.1, 0.15) is 0 Å². The number of likely N-dealkylation sites (N-methyl/N-ethyl adjacent to an activating group) is 1. The molecule has 3 N–H and O–H groups in total. The number of ether oxygens (including phenoxy) is 1. The van der Waals surface area contributed by atoms with Gasteiger partial charge in [-0.05, 0) is 27.1 Å². The monoisotopic (exact) mass is 217 g/mol. The molecule has 0 bridgehead atoms. The zero-order chi connectivity index (χ0) is 11.5. The lowest BCUT2D eigenvalue weighted by atomic mass is 10.3. The molecular weight excluding hydrogens is 194 g/mol. The van der Waals surface area contributed by atoms with Gasteiger partial charge in [0.05, 0.1) is 13.2 Å². The zero-order valence-electron chi connectivity index (χ0n) is 9.79. The third-order valence-electron chi connectivity index (χ3n) is 1.86. The van der Waals surface area contributed by atoms with Gasteiger partial charge in [0.15, 0.2) is 0 Å². The summed E-state index contributed by atoms with van der Waals surface area (Å²) >= 11 is 0. The quantitative estimate of drug-likeness (QED) is 0.507. The number of carbonyl (C=O) groups excluding carboxylic acids is 1. The molecule has 0 radical (unpaired) electrons. The van der Waals surface area contributed by atoms with Crippen molar-refractivity contribution >= 4 is 5.91 Å². The third kappa shape index (κ3) is 11.3. The Kier molecular flexibility index (Phi) is 9.46. The first-order valence-corrected chi connectivity index (χ1v) is 5.36. The Morgan fingerprint density at radius 2 is 2.13 bits per heavy atom.